The Balaban J connectivity index is 2.51. The van der Waals surface area contributed by atoms with E-state index >= 15 is 0 Å². The smallest absolute Gasteiger partial charge is 0.149 e. The van der Waals surface area contributed by atoms with Crippen molar-refractivity contribution in [2.45, 2.75) is 20.3 Å². The van der Waals surface area contributed by atoms with E-state index in [-0.39, 0.29) is 0 Å². The Morgan fingerprint density at radius 3 is 2.33 bits per heavy atom. The van der Waals surface area contributed by atoms with E-state index in [2.05, 4.69) is 15.9 Å². The molecule has 3 rings (SSSR count). The number of nitrogens with two attached hydrogens (primary N) is 1. The van der Waals surface area contributed by atoms with E-state index in [0.29, 0.717) is 6.54 Å². The molecule has 0 aliphatic heterocycles. The first-order valence-corrected chi connectivity index (χ1v) is 6.71. The molecule has 3 nitrogen and oxygen atoms in total. The number of benzene rings is 1. The molecular formula is C14H14BrNO2. The number of hydrogen-bond donors (Lipinski definition) is 1. The predicted molar refractivity (Wildman–Crippen MR) is 75.9 cm³/mol. The molecule has 2 aromatic heterocycles. The molecule has 18 heavy (non-hydrogen) atoms. The Morgan fingerprint density at radius 1 is 1.06 bits per heavy atom. The van der Waals surface area contributed by atoms with Gasteiger partial charge in [-0.1, -0.05) is 0 Å². The van der Waals surface area contributed by atoms with Crippen LogP contribution in [-0.2, 0) is 6.42 Å². The van der Waals surface area contributed by atoms with Crippen LogP contribution in [-0.4, -0.2) is 6.54 Å². The minimum absolute atomic E-state index is 0.593. The van der Waals surface area contributed by atoms with E-state index < -0.39 is 0 Å². The minimum Gasteiger partial charge on any atom is -0.461 e. The highest BCUT2D eigenvalue weighted by atomic mass is 79.9. The van der Waals surface area contributed by atoms with Gasteiger partial charge in [0, 0.05) is 16.3 Å². The van der Waals surface area contributed by atoms with Gasteiger partial charge in [0.05, 0.1) is 4.47 Å². The maximum Gasteiger partial charge on any atom is 0.149 e. The molecule has 0 saturated carbocycles. The summed E-state index contributed by atoms with van der Waals surface area (Å²) in [6.45, 7) is 4.49. The van der Waals surface area contributed by atoms with Crippen LogP contribution in [0.4, 0.5) is 0 Å². The van der Waals surface area contributed by atoms with Crippen molar-refractivity contribution in [2.24, 2.45) is 5.73 Å². The lowest BCUT2D eigenvalue weighted by Crippen LogP contribution is -2.03. The number of furan rings is 2. The Bertz CT molecular complexity index is 681. The van der Waals surface area contributed by atoms with E-state index in [9.17, 15) is 0 Å². The van der Waals surface area contributed by atoms with E-state index in [1.165, 1.54) is 0 Å². The van der Waals surface area contributed by atoms with Crippen molar-refractivity contribution in [1.82, 2.24) is 0 Å². The van der Waals surface area contributed by atoms with E-state index in [1.54, 1.807) is 0 Å². The molecule has 0 unspecified atom stereocenters. The summed E-state index contributed by atoms with van der Waals surface area (Å²) in [7, 11) is 0. The van der Waals surface area contributed by atoms with Gasteiger partial charge in [0.2, 0.25) is 0 Å². The molecular weight excluding hydrogens is 294 g/mol. The fourth-order valence-corrected chi connectivity index (χ4v) is 3.03. The zero-order valence-electron chi connectivity index (χ0n) is 10.3. The van der Waals surface area contributed by atoms with E-state index in [1.807, 2.05) is 26.0 Å². The van der Waals surface area contributed by atoms with Gasteiger partial charge in [-0.3, -0.25) is 0 Å². The Kier molecular flexibility index (Phi) is 2.72. The summed E-state index contributed by atoms with van der Waals surface area (Å²) < 4.78 is 12.6. The molecule has 0 bridgehead atoms. The lowest BCUT2D eigenvalue weighted by Gasteiger charge is -2.04. The maximum atomic E-state index is 5.82. The molecule has 0 fully saturated rings. The quantitative estimate of drug-likeness (QED) is 0.776. The molecule has 4 heteroatoms. The lowest BCUT2D eigenvalue weighted by molar-refractivity contribution is 0.572. The van der Waals surface area contributed by atoms with Crippen LogP contribution < -0.4 is 5.73 Å². The van der Waals surface area contributed by atoms with Crippen molar-refractivity contribution in [2.75, 3.05) is 6.54 Å². The SMILES string of the molecule is Cc1cc2c(CCN)c3oc(C)cc3c(Br)c2o1. The summed E-state index contributed by atoms with van der Waals surface area (Å²) in [5, 5.41) is 2.14. The Labute approximate surface area is 113 Å². The first-order valence-electron chi connectivity index (χ1n) is 5.92. The summed E-state index contributed by atoms with van der Waals surface area (Å²) in [6.07, 6.45) is 0.784. The van der Waals surface area contributed by atoms with Crippen molar-refractivity contribution in [1.29, 1.82) is 0 Å². The van der Waals surface area contributed by atoms with Gasteiger partial charge in [-0.25, -0.2) is 0 Å². The lowest BCUT2D eigenvalue weighted by atomic mass is 10.0. The van der Waals surface area contributed by atoms with Crippen molar-refractivity contribution < 1.29 is 8.83 Å². The normalized spacial score (nSPS) is 11.8. The highest BCUT2D eigenvalue weighted by Crippen LogP contribution is 2.39. The first-order chi connectivity index (χ1) is 8.61. The van der Waals surface area contributed by atoms with Crippen molar-refractivity contribution in [3.05, 3.63) is 33.7 Å². The average molecular weight is 308 g/mol. The zero-order valence-corrected chi connectivity index (χ0v) is 11.9. The topological polar surface area (TPSA) is 52.3 Å². The van der Waals surface area contributed by atoms with Crippen LogP contribution in [0.1, 0.15) is 17.1 Å². The third-order valence-corrected chi connectivity index (χ3v) is 3.93. The van der Waals surface area contributed by atoms with Crippen LogP contribution >= 0.6 is 15.9 Å². The second kappa shape index (κ2) is 4.14. The van der Waals surface area contributed by atoms with Gasteiger partial charge >= 0.3 is 0 Å². The Morgan fingerprint density at radius 2 is 1.67 bits per heavy atom. The highest BCUT2D eigenvalue weighted by molar-refractivity contribution is 9.10. The van der Waals surface area contributed by atoms with Crippen molar-refractivity contribution in [3.63, 3.8) is 0 Å². The summed E-state index contributed by atoms with van der Waals surface area (Å²) in [6, 6.07) is 4.07. The van der Waals surface area contributed by atoms with Crippen LogP contribution in [0.5, 0.6) is 0 Å². The molecule has 0 atom stereocenters. The van der Waals surface area contributed by atoms with Crippen molar-refractivity contribution in [3.8, 4) is 0 Å². The second-order valence-electron chi connectivity index (χ2n) is 4.53. The van der Waals surface area contributed by atoms with Crippen LogP contribution in [0, 0.1) is 13.8 Å². The van der Waals surface area contributed by atoms with Gasteiger partial charge in [-0.15, -0.1) is 0 Å². The predicted octanol–water partition coefficient (Wildman–Crippen LogP) is 4.06. The summed E-state index contributed by atoms with van der Waals surface area (Å²) in [5.41, 5.74) is 8.64. The maximum absolute atomic E-state index is 5.82. The monoisotopic (exact) mass is 307 g/mol. The summed E-state index contributed by atoms with van der Waals surface area (Å²) in [4.78, 5) is 0. The number of fused-ring (bicyclic) bond motifs is 2. The van der Waals surface area contributed by atoms with Gasteiger partial charge in [-0.05, 0) is 54.9 Å². The fourth-order valence-electron chi connectivity index (χ4n) is 2.44. The third-order valence-electron chi connectivity index (χ3n) is 3.14. The molecule has 2 N–H and O–H groups in total. The molecule has 0 spiro atoms. The standard InChI is InChI=1S/C14H14BrNO2/c1-7-5-10-9(3-4-16)13-11(6-8(2)17-13)12(15)14(10)18-7/h5-6H,3-4,16H2,1-2H3. The van der Waals surface area contributed by atoms with Crippen LogP contribution in [0.15, 0.2) is 25.4 Å². The second-order valence-corrected chi connectivity index (χ2v) is 5.32. The van der Waals surface area contributed by atoms with Gasteiger partial charge in [0.1, 0.15) is 22.7 Å². The van der Waals surface area contributed by atoms with Crippen LogP contribution in [0.2, 0.25) is 0 Å². The molecule has 3 aromatic rings. The van der Waals surface area contributed by atoms with Gasteiger partial charge < -0.3 is 14.6 Å². The van der Waals surface area contributed by atoms with Gasteiger partial charge in [0.15, 0.2) is 0 Å². The number of rotatable bonds is 2. The van der Waals surface area contributed by atoms with Crippen LogP contribution in [0.3, 0.4) is 0 Å². The molecule has 0 aliphatic rings. The number of hydrogen-bond acceptors (Lipinski definition) is 3. The molecule has 94 valence electrons. The number of halogens is 1. The summed E-state index contributed by atoms with van der Waals surface area (Å²) in [5.74, 6) is 1.79. The molecule has 0 aliphatic carbocycles. The zero-order chi connectivity index (χ0) is 12.9. The first kappa shape index (κ1) is 11.8. The largest absolute Gasteiger partial charge is 0.461 e. The summed E-state index contributed by atoms with van der Waals surface area (Å²) >= 11 is 3.61. The number of aryl methyl sites for hydroxylation is 2. The molecule has 0 amide bonds. The minimum atomic E-state index is 0.593. The molecule has 0 saturated heterocycles. The van der Waals surface area contributed by atoms with Crippen molar-refractivity contribution >= 4 is 37.9 Å². The van der Waals surface area contributed by atoms with Gasteiger partial charge in [0.25, 0.3) is 0 Å². The molecule has 1 aromatic carbocycles. The molecule has 2 heterocycles. The van der Waals surface area contributed by atoms with E-state index in [0.717, 1.165) is 49.9 Å². The fraction of sp³-hybridized carbons (Fsp3) is 0.286. The Hall–Kier alpha value is -1.26. The average Bonchev–Trinajstić information content (AvgIpc) is 2.88. The molecule has 0 radical (unpaired) electrons. The van der Waals surface area contributed by atoms with Crippen LogP contribution in [0.25, 0.3) is 21.9 Å². The van der Waals surface area contributed by atoms with E-state index in [4.69, 9.17) is 14.6 Å². The highest BCUT2D eigenvalue weighted by Gasteiger charge is 2.18. The third kappa shape index (κ3) is 1.60. The van der Waals surface area contributed by atoms with Gasteiger partial charge in [-0.2, -0.15) is 0 Å².